The molecule has 2 atom stereocenters. The van der Waals surface area contributed by atoms with E-state index in [0.717, 1.165) is 47.2 Å². The van der Waals surface area contributed by atoms with Gasteiger partial charge in [-0.15, -0.1) is 0 Å². The molecule has 2 aromatic rings. The molecule has 3 N–H and O–H groups in total. The molecule has 3 amide bonds. The molecule has 0 aromatic heterocycles. The van der Waals surface area contributed by atoms with E-state index in [0.29, 0.717) is 19.5 Å². The number of ether oxygens (including phenoxy) is 1. The second-order valence-corrected chi connectivity index (χ2v) is 12.2. The van der Waals surface area contributed by atoms with Crippen molar-refractivity contribution in [3.63, 3.8) is 0 Å². The van der Waals surface area contributed by atoms with E-state index in [9.17, 15) is 14.4 Å². The summed E-state index contributed by atoms with van der Waals surface area (Å²) in [6, 6.07) is 12.5. The van der Waals surface area contributed by atoms with Crippen LogP contribution in [0.5, 0.6) is 0 Å². The molecule has 1 aliphatic rings. The van der Waals surface area contributed by atoms with Gasteiger partial charge in [-0.3, -0.25) is 19.3 Å². The van der Waals surface area contributed by atoms with Gasteiger partial charge in [0.2, 0.25) is 11.8 Å². The summed E-state index contributed by atoms with van der Waals surface area (Å²) >= 11 is 0. The lowest BCUT2D eigenvalue weighted by molar-refractivity contribution is -0.164. The van der Waals surface area contributed by atoms with Gasteiger partial charge in [0.1, 0.15) is 11.6 Å². The van der Waals surface area contributed by atoms with E-state index in [2.05, 4.69) is 36.7 Å². The Morgan fingerprint density at radius 1 is 1.05 bits per heavy atom. The zero-order valence-corrected chi connectivity index (χ0v) is 24.4. The van der Waals surface area contributed by atoms with Crippen molar-refractivity contribution in [2.45, 2.75) is 78.0 Å². The fraction of sp³-hybridized carbons (Fsp3) is 0.581. The Hall–Kier alpha value is -2.81. The molecule has 0 spiro atoms. The van der Waals surface area contributed by atoms with E-state index in [1.165, 1.54) is 7.11 Å². The maximum atomic E-state index is 13.8. The van der Waals surface area contributed by atoms with Crippen LogP contribution < -0.4 is 16.0 Å². The van der Waals surface area contributed by atoms with Gasteiger partial charge >= 0.3 is 0 Å². The van der Waals surface area contributed by atoms with E-state index < -0.39 is 23.6 Å². The lowest BCUT2D eigenvalue weighted by Crippen LogP contribution is -2.61. The second kappa shape index (κ2) is 13.5. The zero-order valence-electron chi connectivity index (χ0n) is 24.4. The monoisotopic (exact) mass is 538 g/mol. The molecule has 3 rings (SSSR count). The number of methoxy groups -OCH3 is 1. The Morgan fingerprint density at radius 2 is 1.77 bits per heavy atom. The molecule has 39 heavy (non-hydrogen) atoms. The van der Waals surface area contributed by atoms with Crippen molar-refractivity contribution in [3.05, 3.63) is 48.0 Å². The molecule has 0 saturated carbocycles. The third kappa shape index (κ3) is 8.59. The summed E-state index contributed by atoms with van der Waals surface area (Å²) in [4.78, 5) is 42.5. The van der Waals surface area contributed by atoms with Gasteiger partial charge in [0.15, 0.2) is 0 Å². The number of carbonyl (C=O) groups is 3. The molecule has 8 nitrogen and oxygen atoms in total. The van der Waals surface area contributed by atoms with Gasteiger partial charge in [-0.25, -0.2) is 0 Å². The number of rotatable bonds is 12. The van der Waals surface area contributed by atoms with E-state index in [-0.39, 0.29) is 23.7 Å². The average Bonchev–Trinajstić information content (AvgIpc) is 3.44. The third-order valence-corrected chi connectivity index (χ3v) is 7.18. The summed E-state index contributed by atoms with van der Waals surface area (Å²) in [5.41, 5.74) is -0.217. The molecule has 8 heteroatoms. The van der Waals surface area contributed by atoms with Gasteiger partial charge in [-0.2, -0.15) is 0 Å². The average molecular weight is 539 g/mol. The van der Waals surface area contributed by atoms with Crippen LogP contribution in [0.25, 0.3) is 10.8 Å². The van der Waals surface area contributed by atoms with Crippen LogP contribution in [-0.4, -0.2) is 73.6 Å². The maximum Gasteiger partial charge on any atom is 0.261 e. The zero-order chi connectivity index (χ0) is 28.6. The van der Waals surface area contributed by atoms with Crippen LogP contribution >= 0.6 is 0 Å². The summed E-state index contributed by atoms with van der Waals surface area (Å²) in [6.07, 6.45) is 2.41. The summed E-state index contributed by atoms with van der Waals surface area (Å²) < 4.78 is 5.48. The minimum atomic E-state index is -1.27. The van der Waals surface area contributed by atoms with Crippen LogP contribution in [0, 0.1) is 5.41 Å². The van der Waals surface area contributed by atoms with E-state index >= 15 is 0 Å². The quantitative estimate of drug-likeness (QED) is 0.358. The highest BCUT2D eigenvalue weighted by atomic mass is 16.5. The molecule has 0 aliphatic carbocycles. The Bertz CT molecular complexity index is 1130. The van der Waals surface area contributed by atoms with Crippen molar-refractivity contribution in [1.82, 2.24) is 20.9 Å². The van der Waals surface area contributed by atoms with Gasteiger partial charge in [0.25, 0.3) is 5.91 Å². The van der Waals surface area contributed by atoms with Crippen LogP contribution in [0.15, 0.2) is 42.5 Å². The van der Waals surface area contributed by atoms with E-state index in [1.807, 2.05) is 42.5 Å². The minimum absolute atomic E-state index is 0.178. The van der Waals surface area contributed by atoms with Crippen molar-refractivity contribution < 1.29 is 19.1 Å². The van der Waals surface area contributed by atoms with Gasteiger partial charge < -0.3 is 20.7 Å². The van der Waals surface area contributed by atoms with E-state index in [4.69, 9.17) is 4.74 Å². The number of carbonyl (C=O) groups excluding carboxylic acids is 3. The normalized spacial score (nSPS) is 16.7. The first-order valence-electron chi connectivity index (χ1n) is 14.0. The molecule has 0 unspecified atom stereocenters. The van der Waals surface area contributed by atoms with Crippen LogP contribution in [0.4, 0.5) is 0 Å². The number of amides is 3. The van der Waals surface area contributed by atoms with Crippen LogP contribution in [0.1, 0.15) is 59.4 Å². The number of nitrogens with zero attached hydrogens (tertiary/aromatic N) is 1. The van der Waals surface area contributed by atoms with Gasteiger partial charge in [0.05, 0.1) is 6.04 Å². The molecule has 1 heterocycles. The first kappa shape index (κ1) is 30.7. The van der Waals surface area contributed by atoms with Crippen molar-refractivity contribution in [2.24, 2.45) is 5.41 Å². The maximum absolute atomic E-state index is 13.8. The Balaban J connectivity index is 1.88. The summed E-state index contributed by atoms with van der Waals surface area (Å²) in [5.74, 6) is -1.24. The highest BCUT2D eigenvalue weighted by Crippen LogP contribution is 2.23. The predicted octanol–water partition coefficient (Wildman–Crippen LogP) is 3.43. The fourth-order valence-electron chi connectivity index (χ4n) is 4.73. The van der Waals surface area contributed by atoms with Crippen LogP contribution in [-0.2, 0) is 25.5 Å². The fourth-order valence-corrected chi connectivity index (χ4v) is 4.73. The van der Waals surface area contributed by atoms with Crippen LogP contribution in [0.2, 0.25) is 0 Å². The lowest BCUT2D eigenvalue weighted by atomic mass is 9.97. The number of imide groups is 1. The number of benzene rings is 2. The van der Waals surface area contributed by atoms with Gasteiger partial charge in [0, 0.05) is 20.1 Å². The van der Waals surface area contributed by atoms with Crippen LogP contribution in [0.3, 0.4) is 0 Å². The first-order valence-corrected chi connectivity index (χ1v) is 14.0. The predicted molar refractivity (Wildman–Crippen MR) is 155 cm³/mol. The molecular formula is C31H46N4O4. The van der Waals surface area contributed by atoms with Crippen molar-refractivity contribution in [2.75, 3.05) is 33.3 Å². The number of nitrogens with one attached hydrogen (secondary N) is 3. The lowest BCUT2D eigenvalue weighted by Gasteiger charge is -2.36. The molecule has 0 radical (unpaired) electrons. The largest absolute Gasteiger partial charge is 0.369 e. The molecule has 214 valence electrons. The van der Waals surface area contributed by atoms with Crippen molar-refractivity contribution in [1.29, 1.82) is 0 Å². The molecule has 2 aromatic carbocycles. The SMILES string of the molecule is COC(C)(C)C(=O)N(C(=O)[C@@H]1CCCN1)[C@H](Cc1ccc2ccccc2c1)C(=O)NCCCNCC(C)(C)C. The minimum Gasteiger partial charge on any atom is -0.369 e. The summed E-state index contributed by atoms with van der Waals surface area (Å²) in [5, 5.41) is 11.7. The third-order valence-electron chi connectivity index (χ3n) is 7.18. The highest BCUT2D eigenvalue weighted by molar-refractivity contribution is 6.05. The molecule has 1 aliphatic heterocycles. The molecule has 1 saturated heterocycles. The molecular weight excluding hydrogens is 492 g/mol. The summed E-state index contributed by atoms with van der Waals surface area (Å²) in [7, 11) is 1.44. The molecule has 0 bridgehead atoms. The topological polar surface area (TPSA) is 99.8 Å². The number of fused-ring (bicyclic) bond motifs is 1. The second-order valence-electron chi connectivity index (χ2n) is 12.2. The number of hydrogen-bond acceptors (Lipinski definition) is 6. The van der Waals surface area contributed by atoms with Gasteiger partial charge in [-0.1, -0.05) is 63.2 Å². The Kier molecular flexibility index (Phi) is 10.6. The van der Waals surface area contributed by atoms with Gasteiger partial charge in [-0.05, 0) is 74.5 Å². The summed E-state index contributed by atoms with van der Waals surface area (Å²) in [6.45, 7) is 12.5. The number of hydrogen-bond donors (Lipinski definition) is 3. The highest BCUT2D eigenvalue weighted by Gasteiger charge is 2.44. The first-order chi connectivity index (χ1) is 18.4. The smallest absolute Gasteiger partial charge is 0.261 e. The van der Waals surface area contributed by atoms with E-state index in [1.54, 1.807) is 13.8 Å². The Morgan fingerprint density at radius 3 is 2.41 bits per heavy atom. The Labute approximate surface area is 233 Å². The van der Waals surface area contributed by atoms with Crippen molar-refractivity contribution in [3.8, 4) is 0 Å². The standard InChI is InChI=1S/C31H46N4O4/c1-30(2,3)21-32-16-10-18-34-27(36)26(20-22-14-15-23-11-7-8-12-24(23)19-22)35(29(38)31(4,5)39-6)28(37)25-13-9-17-33-25/h7-8,11-12,14-15,19,25-26,32-33H,9-10,13,16-18,20-21H2,1-6H3,(H,34,36)/t25-,26+/m0/s1. The molecule has 1 fully saturated rings. The van der Waals surface area contributed by atoms with Crippen molar-refractivity contribution >= 4 is 28.5 Å².